The second-order valence-electron chi connectivity index (χ2n) is 5.41. The highest BCUT2D eigenvalue weighted by Gasteiger charge is 2.17. The number of halogens is 2. The van der Waals surface area contributed by atoms with Gasteiger partial charge in [-0.15, -0.1) is 0 Å². The van der Waals surface area contributed by atoms with E-state index in [9.17, 15) is 13.6 Å². The van der Waals surface area contributed by atoms with Crippen LogP contribution in [0.4, 0.5) is 8.78 Å². The minimum absolute atomic E-state index is 0.116. The third-order valence-electron chi connectivity index (χ3n) is 3.83. The van der Waals surface area contributed by atoms with Crippen LogP contribution in [-0.4, -0.2) is 9.55 Å². The van der Waals surface area contributed by atoms with Crippen molar-refractivity contribution in [3.63, 3.8) is 0 Å². The number of fused-ring (bicyclic) bond motifs is 2. The van der Waals surface area contributed by atoms with Crippen molar-refractivity contribution in [3.05, 3.63) is 70.8 Å². The number of hydrogen-bond donors (Lipinski definition) is 0. The Kier molecular flexibility index (Phi) is 3.68. The van der Waals surface area contributed by atoms with Crippen LogP contribution in [0.15, 0.2) is 63.8 Å². The van der Waals surface area contributed by atoms with Gasteiger partial charge in [0, 0.05) is 17.5 Å². The number of hydrogen-bond acceptors (Lipinski definition) is 4. The summed E-state index contributed by atoms with van der Waals surface area (Å²) in [7, 11) is 0. The predicted molar refractivity (Wildman–Crippen MR) is 87.8 cm³/mol. The van der Waals surface area contributed by atoms with E-state index in [2.05, 4.69) is 4.98 Å². The predicted octanol–water partition coefficient (Wildman–Crippen LogP) is 4.12. The van der Waals surface area contributed by atoms with Gasteiger partial charge in [0.2, 0.25) is 0 Å². The highest BCUT2D eigenvalue weighted by Crippen LogP contribution is 2.25. The number of ether oxygens (including phenoxy) is 1. The Hall–Kier alpha value is -3.22. The van der Waals surface area contributed by atoms with Crippen LogP contribution in [-0.2, 0) is 6.61 Å². The zero-order valence-electron chi connectivity index (χ0n) is 12.9. The molecule has 7 heteroatoms. The van der Waals surface area contributed by atoms with Gasteiger partial charge in [0.25, 0.3) is 0 Å². The van der Waals surface area contributed by atoms with E-state index < -0.39 is 12.2 Å². The molecule has 4 rings (SSSR count). The Morgan fingerprint density at radius 1 is 1.12 bits per heavy atom. The molecular weight excluding hydrogens is 330 g/mol. The Morgan fingerprint density at radius 2 is 1.92 bits per heavy atom. The van der Waals surface area contributed by atoms with Gasteiger partial charge in [-0.25, -0.2) is 9.78 Å². The molecule has 0 amide bonds. The summed E-state index contributed by atoms with van der Waals surface area (Å²) in [6.07, 6.45) is 0. The van der Waals surface area contributed by atoms with Crippen LogP contribution in [0.25, 0.3) is 22.0 Å². The first kappa shape index (κ1) is 15.3. The maximum absolute atomic E-state index is 13.4. The van der Waals surface area contributed by atoms with Crippen molar-refractivity contribution in [2.75, 3.05) is 0 Å². The maximum atomic E-state index is 13.4. The van der Waals surface area contributed by atoms with Gasteiger partial charge in [-0.05, 0) is 30.3 Å². The number of alkyl halides is 2. The summed E-state index contributed by atoms with van der Waals surface area (Å²) in [4.78, 5) is 15.5. The second-order valence-corrected chi connectivity index (χ2v) is 5.41. The van der Waals surface area contributed by atoms with Crippen molar-refractivity contribution >= 4 is 22.0 Å². The lowest BCUT2D eigenvalue weighted by Gasteiger charge is -2.09. The number of aromatic nitrogens is 2. The zero-order chi connectivity index (χ0) is 17.4. The van der Waals surface area contributed by atoms with Crippen LogP contribution in [0.1, 0.15) is 12.4 Å². The first-order chi connectivity index (χ1) is 12.1. The summed E-state index contributed by atoms with van der Waals surface area (Å²) >= 11 is 0. The average Bonchev–Trinajstić information content (AvgIpc) is 2.98. The summed E-state index contributed by atoms with van der Waals surface area (Å²) in [6.45, 7) is -2.86. The zero-order valence-corrected chi connectivity index (χ0v) is 12.9. The minimum atomic E-state index is -2.72. The van der Waals surface area contributed by atoms with Crippen molar-refractivity contribution in [1.29, 1.82) is 0 Å². The molecule has 0 aliphatic heterocycles. The van der Waals surface area contributed by atoms with Gasteiger partial charge in [-0.1, -0.05) is 12.1 Å². The highest BCUT2D eigenvalue weighted by atomic mass is 19.3. The molecular formula is C18H12F2N2O3. The number of para-hydroxylation sites is 2. The van der Waals surface area contributed by atoms with Gasteiger partial charge in [-0.3, -0.25) is 4.57 Å². The molecule has 0 unspecified atom stereocenters. The molecule has 2 heterocycles. The van der Waals surface area contributed by atoms with Crippen LogP contribution in [0.2, 0.25) is 0 Å². The molecule has 0 aliphatic rings. The maximum Gasteiger partial charge on any atom is 0.336 e. The summed E-state index contributed by atoms with van der Waals surface area (Å²) in [5.41, 5.74) is 0.725. The van der Waals surface area contributed by atoms with E-state index in [1.165, 1.54) is 6.07 Å². The van der Waals surface area contributed by atoms with E-state index in [-0.39, 0.29) is 12.4 Å². The lowest BCUT2D eigenvalue weighted by Crippen LogP contribution is -2.08. The molecule has 0 bridgehead atoms. The number of benzene rings is 2. The standard InChI is InChI=1S/C18H12F2N2O3/c19-18(20)22-14-4-2-1-3-13(14)21-16(22)10-24-12-7-5-11-6-8-17(23)25-15(11)9-12/h1-9,18H,10H2. The first-order valence-electron chi connectivity index (χ1n) is 7.52. The lowest BCUT2D eigenvalue weighted by molar-refractivity contribution is 0.0677. The average molecular weight is 342 g/mol. The molecule has 0 aliphatic carbocycles. The lowest BCUT2D eigenvalue weighted by atomic mass is 10.2. The fraction of sp³-hybridized carbons (Fsp3) is 0.111. The molecule has 2 aromatic carbocycles. The van der Waals surface area contributed by atoms with E-state index in [4.69, 9.17) is 9.15 Å². The van der Waals surface area contributed by atoms with Crippen LogP contribution in [0, 0.1) is 0 Å². The van der Waals surface area contributed by atoms with Crippen molar-refractivity contribution in [2.24, 2.45) is 0 Å². The van der Waals surface area contributed by atoms with Crippen LogP contribution < -0.4 is 10.4 Å². The van der Waals surface area contributed by atoms with Crippen molar-refractivity contribution in [3.8, 4) is 5.75 Å². The molecule has 25 heavy (non-hydrogen) atoms. The first-order valence-corrected chi connectivity index (χ1v) is 7.52. The highest BCUT2D eigenvalue weighted by molar-refractivity contribution is 5.78. The molecule has 0 radical (unpaired) electrons. The molecule has 126 valence electrons. The number of nitrogens with zero attached hydrogens (tertiary/aromatic N) is 2. The minimum Gasteiger partial charge on any atom is -0.486 e. The quantitative estimate of drug-likeness (QED) is 0.524. The van der Waals surface area contributed by atoms with E-state index in [0.717, 1.165) is 9.95 Å². The van der Waals surface area contributed by atoms with Crippen molar-refractivity contribution in [2.45, 2.75) is 13.2 Å². The molecule has 0 saturated carbocycles. The van der Waals surface area contributed by atoms with E-state index in [0.29, 0.717) is 22.4 Å². The van der Waals surface area contributed by atoms with Crippen LogP contribution >= 0.6 is 0 Å². The Bertz CT molecular complexity index is 1120. The second kappa shape index (κ2) is 6.01. The van der Waals surface area contributed by atoms with Gasteiger partial charge in [0.15, 0.2) is 5.82 Å². The topological polar surface area (TPSA) is 57.3 Å². The third kappa shape index (κ3) is 2.84. The smallest absolute Gasteiger partial charge is 0.336 e. The summed E-state index contributed by atoms with van der Waals surface area (Å²) in [6, 6.07) is 14.6. The van der Waals surface area contributed by atoms with Gasteiger partial charge in [0.05, 0.1) is 11.0 Å². The monoisotopic (exact) mass is 342 g/mol. The number of imidazole rings is 1. The molecule has 0 saturated heterocycles. The van der Waals surface area contributed by atoms with E-state index >= 15 is 0 Å². The Labute approximate surface area is 140 Å². The van der Waals surface area contributed by atoms with Crippen molar-refractivity contribution in [1.82, 2.24) is 9.55 Å². The van der Waals surface area contributed by atoms with Crippen LogP contribution in [0.3, 0.4) is 0 Å². The Balaban J connectivity index is 1.66. The SMILES string of the molecule is O=c1ccc2ccc(OCc3nc4ccccc4n3C(F)F)cc2o1. The third-order valence-corrected chi connectivity index (χ3v) is 3.83. The molecule has 0 atom stereocenters. The molecule has 2 aromatic heterocycles. The fourth-order valence-corrected chi connectivity index (χ4v) is 2.69. The molecule has 5 nitrogen and oxygen atoms in total. The normalized spacial score (nSPS) is 11.5. The van der Waals surface area contributed by atoms with Gasteiger partial charge in [-0.2, -0.15) is 8.78 Å². The number of rotatable bonds is 4. The van der Waals surface area contributed by atoms with Crippen molar-refractivity contribution < 1.29 is 17.9 Å². The largest absolute Gasteiger partial charge is 0.486 e. The van der Waals surface area contributed by atoms with Gasteiger partial charge in [0.1, 0.15) is 17.9 Å². The fourth-order valence-electron chi connectivity index (χ4n) is 2.69. The van der Waals surface area contributed by atoms with Crippen LogP contribution in [0.5, 0.6) is 5.75 Å². The van der Waals surface area contributed by atoms with E-state index in [1.54, 1.807) is 48.5 Å². The molecule has 0 N–H and O–H groups in total. The summed E-state index contributed by atoms with van der Waals surface area (Å²) < 4.78 is 38.3. The molecule has 4 aromatic rings. The Morgan fingerprint density at radius 3 is 2.76 bits per heavy atom. The summed E-state index contributed by atoms with van der Waals surface area (Å²) in [5, 5.41) is 0.742. The van der Waals surface area contributed by atoms with E-state index in [1.807, 2.05) is 0 Å². The van der Waals surface area contributed by atoms with Gasteiger partial charge >= 0.3 is 12.2 Å². The molecule has 0 fully saturated rings. The van der Waals surface area contributed by atoms with Gasteiger partial charge < -0.3 is 9.15 Å². The molecule has 0 spiro atoms. The summed E-state index contributed by atoms with van der Waals surface area (Å²) in [5.74, 6) is 0.514.